The number of anilines is 1. The molecule has 0 bridgehead atoms. The minimum Gasteiger partial charge on any atom is -0.395 e. The zero-order valence-corrected chi connectivity index (χ0v) is 11.8. The molecule has 2 atom stereocenters. The van der Waals surface area contributed by atoms with E-state index < -0.39 is 0 Å². The Morgan fingerprint density at radius 1 is 1.58 bits per heavy atom. The van der Waals surface area contributed by atoms with E-state index in [1.54, 1.807) is 16.5 Å². The van der Waals surface area contributed by atoms with Gasteiger partial charge < -0.3 is 15.7 Å². The fourth-order valence-electron chi connectivity index (χ4n) is 2.72. The van der Waals surface area contributed by atoms with Crippen LogP contribution in [0.3, 0.4) is 0 Å². The molecule has 0 spiro atoms. The van der Waals surface area contributed by atoms with E-state index in [-0.39, 0.29) is 18.6 Å². The summed E-state index contributed by atoms with van der Waals surface area (Å²) in [4.78, 5) is 14.4. The number of amides is 1. The zero-order valence-electron chi connectivity index (χ0n) is 11.8. The highest BCUT2D eigenvalue weighted by Crippen LogP contribution is 2.27. The molecule has 6 heteroatoms. The van der Waals surface area contributed by atoms with Gasteiger partial charge in [-0.05, 0) is 26.2 Å². The first kappa shape index (κ1) is 13.9. The first-order valence-electron chi connectivity index (χ1n) is 6.75. The Bertz CT molecular complexity index is 483. The number of aliphatic hydroxyl groups excluding tert-OH is 1. The largest absolute Gasteiger partial charge is 0.395 e. The summed E-state index contributed by atoms with van der Waals surface area (Å²) >= 11 is 0. The molecule has 1 aromatic rings. The number of aliphatic hydroxyl groups is 1. The SMILES string of the molecule is CCn1nc(C)c(N)c1C(=O)N1CCC(C)C1CO. The summed E-state index contributed by atoms with van der Waals surface area (Å²) in [6.07, 6.45) is 0.913. The third kappa shape index (κ3) is 2.20. The van der Waals surface area contributed by atoms with Gasteiger partial charge in [-0.15, -0.1) is 0 Å². The summed E-state index contributed by atoms with van der Waals surface area (Å²) in [6.45, 7) is 7.05. The molecule has 1 fully saturated rings. The minimum absolute atomic E-state index is 0.00788. The van der Waals surface area contributed by atoms with Crippen LogP contribution >= 0.6 is 0 Å². The van der Waals surface area contributed by atoms with Gasteiger partial charge in [0, 0.05) is 13.1 Å². The molecule has 1 aromatic heterocycles. The maximum absolute atomic E-state index is 12.6. The molecule has 2 unspecified atom stereocenters. The van der Waals surface area contributed by atoms with Crippen LogP contribution in [0.2, 0.25) is 0 Å². The summed E-state index contributed by atoms with van der Waals surface area (Å²) in [7, 11) is 0. The standard InChI is InChI=1S/C13H22N4O2/c1-4-17-12(11(14)9(3)15-17)13(19)16-6-5-8(2)10(16)7-18/h8,10,18H,4-7,14H2,1-3H3. The number of carbonyl (C=O) groups excluding carboxylic acids is 1. The highest BCUT2D eigenvalue weighted by atomic mass is 16.3. The smallest absolute Gasteiger partial charge is 0.274 e. The zero-order chi connectivity index (χ0) is 14.2. The number of aryl methyl sites for hydroxylation is 2. The van der Waals surface area contributed by atoms with Crippen molar-refractivity contribution in [2.75, 3.05) is 18.9 Å². The fourth-order valence-corrected chi connectivity index (χ4v) is 2.72. The maximum atomic E-state index is 12.6. The lowest BCUT2D eigenvalue weighted by Gasteiger charge is -2.25. The number of nitrogens with zero attached hydrogens (tertiary/aromatic N) is 3. The van der Waals surface area contributed by atoms with Gasteiger partial charge in [0.15, 0.2) is 0 Å². The Balaban J connectivity index is 2.34. The number of aromatic nitrogens is 2. The second kappa shape index (κ2) is 5.21. The monoisotopic (exact) mass is 266 g/mol. The Hall–Kier alpha value is -1.56. The van der Waals surface area contributed by atoms with Gasteiger partial charge in [0.05, 0.1) is 24.0 Å². The average molecular weight is 266 g/mol. The molecular formula is C13H22N4O2. The van der Waals surface area contributed by atoms with Gasteiger partial charge in [-0.3, -0.25) is 9.48 Å². The molecule has 2 rings (SSSR count). The fraction of sp³-hybridized carbons (Fsp3) is 0.692. The van der Waals surface area contributed by atoms with Gasteiger partial charge in [-0.1, -0.05) is 6.92 Å². The van der Waals surface area contributed by atoms with E-state index in [0.717, 1.165) is 6.42 Å². The molecule has 0 aliphatic carbocycles. The molecule has 0 saturated carbocycles. The Morgan fingerprint density at radius 2 is 2.26 bits per heavy atom. The Kier molecular flexibility index (Phi) is 3.80. The van der Waals surface area contributed by atoms with Crippen LogP contribution in [0.5, 0.6) is 0 Å². The topological polar surface area (TPSA) is 84.4 Å². The van der Waals surface area contributed by atoms with Gasteiger partial charge in [-0.25, -0.2) is 0 Å². The predicted octanol–water partition coefficient (Wildman–Crippen LogP) is 0.637. The lowest BCUT2D eigenvalue weighted by atomic mass is 10.0. The Morgan fingerprint density at radius 3 is 2.84 bits per heavy atom. The number of likely N-dealkylation sites (tertiary alicyclic amines) is 1. The van der Waals surface area contributed by atoms with Crippen molar-refractivity contribution in [3.05, 3.63) is 11.4 Å². The average Bonchev–Trinajstić information content (AvgIpc) is 2.90. The van der Waals surface area contributed by atoms with Crippen molar-refractivity contribution in [2.45, 2.75) is 39.8 Å². The van der Waals surface area contributed by atoms with Gasteiger partial charge in [0.2, 0.25) is 0 Å². The molecule has 1 saturated heterocycles. The van der Waals surface area contributed by atoms with Crippen LogP contribution in [0, 0.1) is 12.8 Å². The van der Waals surface area contributed by atoms with Crippen molar-refractivity contribution in [3.63, 3.8) is 0 Å². The summed E-state index contributed by atoms with van der Waals surface area (Å²) in [5.74, 6) is 0.192. The summed E-state index contributed by atoms with van der Waals surface area (Å²) in [6, 6.07) is -0.118. The molecule has 0 aromatic carbocycles. The number of carbonyl (C=O) groups is 1. The van der Waals surface area contributed by atoms with Crippen LogP contribution < -0.4 is 5.73 Å². The van der Waals surface area contributed by atoms with Crippen LogP contribution in [0.4, 0.5) is 5.69 Å². The number of nitrogens with two attached hydrogens (primary N) is 1. The van der Waals surface area contributed by atoms with Crippen molar-refractivity contribution in [1.82, 2.24) is 14.7 Å². The molecule has 1 amide bonds. The second-order valence-electron chi connectivity index (χ2n) is 5.18. The molecule has 6 nitrogen and oxygen atoms in total. The summed E-state index contributed by atoms with van der Waals surface area (Å²) in [5.41, 5.74) is 7.55. The third-order valence-electron chi connectivity index (χ3n) is 4.01. The van der Waals surface area contributed by atoms with Crippen molar-refractivity contribution in [3.8, 4) is 0 Å². The first-order chi connectivity index (χ1) is 9.01. The van der Waals surface area contributed by atoms with E-state index in [1.807, 2.05) is 6.92 Å². The van der Waals surface area contributed by atoms with E-state index in [9.17, 15) is 9.90 Å². The highest BCUT2D eigenvalue weighted by molar-refractivity contribution is 5.98. The highest BCUT2D eigenvalue weighted by Gasteiger charge is 2.36. The number of hydrogen-bond acceptors (Lipinski definition) is 4. The maximum Gasteiger partial charge on any atom is 0.274 e. The van der Waals surface area contributed by atoms with Crippen molar-refractivity contribution < 1.29 is 9.90 Å². The van der Waals surface area contributed by atoms with Crippen LogP contribution in [0.1, 0.15) is 36.5 Å². The van der Waals surface area contributed by atoms with Crippen molar-refractivity contribution >= 4 is 11.6 Å². The number of nitrogen functional groups attached to an aromatic ring is 1. The van der Waals surface area contributed by atoms with E-state index in [2.05, 4.69) is 12.0 Å². The van der Waals surface area contributed by atoms with Crippen LogP contribution in [-0.2, 0) is 6.54 Å². The molecule has 1 aliphatic rings. The predicted molar refractivity (Wildman–Crippen MR) is 72.7 cm³/mol. The van der Waals surface area contributed by atoms with Crippen LogP contribution in [0.25, 0.3) is 0 Å². The lowest BCUT2D eigenvalue weighted by molar-refractivity contribution is 0.0637. The van der Waals surface area contributed by atoms with Crippen molar-refractivity contribution in [2.24, 2.45) is 5.92 Å². The van der Waals surface area contributed by atoms with Crippen LogP contribution in [0.15, 0.2) is 0 Å². The van der Waals surface area contributed by atoms with Crippen LogP contribution in [-0.4, -0.2) is 44.9 Å². The van der Waals surface area contributed by atoms with E-state index in [0.29, 0.717) is 36.1 Å². The minimum atomic E-state index is -0.122. The molecule has 3 N–H and O–H groups in total. The summed E-state index contributed by atoms with van der Waals surface area (Å²) in [5, 5.41) is 13.7. The number of hydrogen-bond donors (Lipinski definition) is 2. The third-order valence-corrected chi connectivity index (χ3v) is 4.01. The number of rotatable bonds is 3. The second-order valence-corrected chi connectivity index (χ2v) is 5.18. The van der Waals surface area contributed by atoms with Gasteiger partial charge in [-0.2, -0.15) is 5.10 Å². The molecule has 1 aliphatic heterocycles. The molecule has 0 radical (unpaired) electrons. The normalized spacial score (nSPS) is 23.1. The van der Waals surface area contributed by atoms with Gasteiger partial charge in [0.1, 0.15) is 5.69 Å². The molecular weight excluding hydrogens is 244 g/mol. The van der Waals surface area contributed by atoms with E-state index in [4.69, 9.17) is 5.73 Å². The lowest BCUT2D eigenvalue weighted by Crippen LogP contribution is -2.41. The summed E-state index contributed by atoms with van der Waals surface area (Å²) < 4.78 is 1.64. The first-order valence-corrected chi connectivity index (χ1v) is 6.75. The van der Waals surface area contributed by atoms with Crippen molar-refractivity contribution in [1.29, 1.82) is 0 Å². The molecule has 106 valence electrons. The van der Waals surface area contributed by atoms with Gasteiger partial charge >= 0.3 is 0 Å². The quantitative estimate of drug-likeness (QED) is 0.840. The Labute approximate surface area is 113 Å². The van der Waals surface area contributed by atoms with E-state index >= 15 is 0 Å². The van der Waals surface area contributed by atoms with Gasteiger partial charge in [0.25, 0.3) is 5.91 Å². The molecule has 2 heterocycles. The van der Waals surface area contributed by atoms with E-state index in [1.165, 1.54) is 0 Å². The molecule has 19 heavy (non-hydrogen) atoms.